The average molecular weight is 561 g/mol. The van der Waals surface area contributed by atoms with Crippen LogP contribution in [-0.2, 0) is 33.6 Å². The molecule has 39 heavy (non-hydrogen) atoms. The molecule has 4 atom stereocenters. The lowest BCUT2D eigenvalue weighted by atomic mass is 10.1. The molecule has 0 saturated carbocycles. The number of hydrogen-bond acceptors (Lipinski definition) is 9. The summed E-state index contributed by atoms with van der Waals surface area (Å²) < 4.78 is 0. The maximum atomic E-state index is 12.9. The second kappa shape index (κ2) is 17.9. The van der Waals surface area contributed by atoms with E-state index in [-0.39, 0.29) is 38.2 Å². The molecule has 0 aromatic carbocycles. The van der Waals surface area contributed by atoms with Gasteiger partial charge < -0.3 is 54.2 Å². The fourth-order valence-electron chi connectivity index (χ4n) is 3.09. The zero-order valence-corrected chi connectivity index (χ0v) is 21.1. The maximum absolute atomic E-state index is 12.9. The van der Waals surface area contributed by atoms with E-state index in [2.05, 4.69) is 20.9 Å². The molecule has 4 unspecified atom stereocenters. The second-order valence-corrected chi connectivity index (χ2v) is 8.45. The quantitative estimate of drug-likeness (QED) is 0.0385. The molecule has 0 bridgehead atoms. The molecule has 220 valence electrons. The van der Waals surface area contributed by atoms with Crippen molar-refractivity contribution < 1.29 is 48.9 Å². The van der Waals surface area contributed by atoms with Crippen LogP contribution in [0.2, 0.25) is 0 Å². The number of nitrogens with two attached hydrogens (primary N) is 4. The first-order valence-corrected chi connectivity index (χ1v) is 11.8. The van der Waals surface area contributed by atoms with Crippen LogP contribution in [0.5, 0.6) is 0 Å². The lowest BCUT2D eigenvalue weighted by Gasteiger charge is -2.25. The summed E-state index contributed by atoms with van der Waals surface area (Å²) in [5.41, 5.74) is 21.1. The molecule has 0 aliphatic rings. The topological polar surface area (TPSA) is 333 Å². The van der Waals surface area contributed by atoms with Crippen LogP contribution in [0, 0.1) is 0 Å². The molecule has 4 amide bonds. The van der Waals surface area contributed by atoms with Crippen LogP contribution >= 0.6 is 0 Å². The van der Waals surface area contributed by atoms with E-state index in [1.807, 2.05) is 0 Å². The van der Waals surface area contributed by atoms with Gasteiger partial charge in [-0.2, -0.15) is 0 Å². The molecular formula is C21H36N8O10. The van der Waals surface area contributed by atoms with E-state index in [0.29, 0.717) is 0 Å². The number of amides is 4. The first-order chi connectivity index (χ1) is 18.1. The van der Waals surface area contributed by atoms with Crippen molar-refractivity contribution in [1.82, 2.24) is 16.0 Å². The van der Waals surface area contributed by atoms with E-state index in [0.717, 1.165) is 0 Å². The van der Waals surface area contributed by atoms with Gasteiger partial charge in [-0.05, 0) is 32.1 Å². The fraction of sp³-hybridized carbons (Fsp3) is 0.619. The van der Waals surface area contributed by atoms with Crippen LogP contribution in [0.1, 0.15) is 51.4 Å². The number of aliphatic carboxylic acids is 3. The van der Waals surface area contributed by atoms with Crippen molar-refractivity contribution in [3.63, 3.8) is 0 Å². The highest BCUT2D eigenvalue weighted by atomic mass is 16.4. The number of guanidine groups is 1. The Morgan fingerprint density at radius 2 is 1.10 bits per heavy atom. The summed E-state index contributed by atoms with van der Waals surface area (Å²) in [4.78, 5) is 86.4. The molecule has 0 heterocycles. The standard InChI is InChI=1S/C21H36N8O10/c22-10(3-6-14(23)30)17(35)27-11(4-7-15(31)32)18(36)28-12(5-8-16(33)34)19(37)29-13(20(38)39)2-1-9-26-21(24)25/h10-13H,1-9,22H2,(H2,23,30)(H,27,35)(H,28,36)(H,29,37)(H,31,32)(H,33,34)(H,38,39)(H4,24,25,26). The Morgan fingerprint density at radius 3 is 1.51 bits per heavy atom. The van der Waals surface area contributed by atoms with E-state index in [1.54, 1.807) is 0 Å². The number of carboxylic acid groups (broad SMARTS) is 3. The first-order valence-electron chi connectivity index (χ1n) is 11.8. The number of nitrogens with one attached hydrogen (secondary N) is 3. The van der Waals surface area contributed by atoms with Crippen LogP contribution in [0.4, 0.5) is 0 Å². The van der Waals surface area contributed by atoms with Crippen molar-refractivity contribution in [2.45, 2.75) is 75.5 Å². The smallest absolute Gasteiger partial charge is 0.326 e. The Bertz CT molecular complexity index is 938. The van der Waals surface area contributed by atoms with Crippen LogP contribution in [0.15, 0.2) is 4.99 Å². The molecule has 0 saturated heterocycles. The highest BCUT2D eigenvalue weighted by molar-refractivity contribution is 5.94. The van der Waals surface area contributed by atoms with E-state index < -0.39 is 91.4 Å². The summed E-state index contributed by atoms with van der Waals surface area (Å²) in [6.45, 7) is 0.0771. The van der Waals surface area contributed by atoms with Crippen molar-refractivity contribution >= 4 is 47.5 Å². The zero-order chi connectivity index (χ0) is 30.1. The summed E-state index contributed by atoms with van der Waals surface area (Å²) in [7, 11) is 0. The fourth-order valence-corrected chi connectivity index (χ4v) is 3.09. The Morgan fingerprint density at radius 1 is 0.641 bits per heavy atom. The number of carboxylic acids is 3. The molecule has 0 rings (SSSR count). The van der Waals surface area contributed by atoms with Gasteiger partial charge in [0.1, 0.15) is 18.1 Å². The van der Waals surface area contributed by atoms with Gasteiger partial charge in [-0.1, -0.05) is 0 Å². The van der Waals surface area contributed by atoms with Crippen molar-refractivity contribution in [3.8, 4) is 0 Å². The van der Waals surface area contributed by atoms with Crippen LogP contribution < -0.4 is 38.9 Å². The highest BCUT2D eigenvalue weighted by Gasteiger charge is 2.31. The third-order valence-corrected chi connectivity index (χ3v) is 5.16. The molecule has 0 spiro atoms. The highest BCUT2D eigenvalue weighted by Crippen LogP contribution is 2.06. The second-order valence-electron chi connectivity index (χ2n) is 8.45. The van der Waals surface area contributed by atoms with Crippen molar-refractivity contribution in [2.24, 2.45) is 27.9 Å². The van der Waals surface area contributed by atoms with Crippen LogP contribution in [0.25, 0.3) is 0 Å². The van der Waals surface area contributed by atoms with E-state index in [9.17, 15) is 38.7 Å². The summed E-state index contributed by atoms with van der Waals surface area (Å²) in [5, 5.41) is 34.1. The molecule has 0 aliphatic heterocycles. The third-order valence-electron chi connectivity index (χ3n) is 5.16. The van der Waals surface area contributed by atoms with Gasteiger partial charge in [0, 0.05) is 25.8 Å². The zero-order valence-electron chi connectivity index (χ0n) is 21.1. The van der Waals surface area contributed by atoms with E-state index in [1.165, 1.54) is 0 Å². The summed E-state index contributed by atoms with van der Waals surface area (Å²) in [5.74, 6) is -7.93. The number of hydrogen-bond donors (Lipinski definition) is 10. The van der Waals surface area contributed by atoms with Gasteiger partial charge in [0.25, 0.3) is 0 Å². The number of aliphatic imine (C=N–C) groups is 1. The van der Waals surface area contributed by atoms with Crippen molar-refractivity contribution in [3.05, 3.63) is 0 Å². The average Bonchev–Trinajstić information content (AvgIpc) is 2.83. The van der Waals surface area contributed by atoms with Crippen molar-refractivity contribution in [2.75, 3.05) is 6.54 Å². The largest absolute Gasteiger partial charge is 0.481 e. The molecule has 14 N–H and O–H groups in total. The Labute approximate surface area is 222 Å². The Balaban J connectivity index is 5.62. The van der Waals surface area contributed by atoms with Crippen LogP contribution in [-0.4, -0.2) is 93.5 Å². The van der Waals surface area contributed by atoms with Gasteiger partial charge >= 0.3 is 17.9 Å². The number of primary amides is 1. The molecule has 0 fully saturated rings. The minimum atomic E-state index is -1.55. The SMILES string of the molecule is NC(=O)CCC(N)C(=O)NC(CCC(=O)O)C(=O)NC(CCC(=O)O)C(=O)NC(CCCN=C(N)N)C(=O)O. The summed E-state index contributed by atoms with van der Waals surface area (Å²) >= 11 is 0. The molecule has 0 radical (unpaired) electrons. The first kappa shape index (κ1) is 34.5. The lowest BCUT2D eigenvalue weighted by molar-refractivity contribution is -0.143. The van der Waals surface area contributed by atoms with E-state index >= 15 is 0 Å². The van der Waals surface area contributed by atoms with Gasteiger partial charge in [-0.25, -0.2) is 4.79 Å². The summed E-state index contributed by atoms with van der Waals surface area (Å²) in [6.07, 6.45) is -2.36. The predicted octanol–water partition coefficient (Wildman–Crippen LogP) is -4.10. The molecule has 18 heteroatoms. The minimum absolute atomic E-state index is 0.0771. The number of carbonyl (C=O) groups is 7. The molecule has 18 nitrogen and oxygen atoms in total. The number of rotatable bonds is 20. The lowest BCUT2D eigenvalue weighted by Crippen LogP contribution is -2.57. The van der Waals surface area contributed by atoms with Gasteiger partial charge in [0.2, 0.25) is 23.6 Å². The molecular weight excluding hydrogens is 524 g/mol. The van der Waals surface area contributed by atoms with Gasteiger partial charge in [-0.3, -0.25) is 33.8 Å². The molecule has 0 aliphatic carbocycles. The number of carbonyl (C=O) groups excluding carboxylic acids is 4. The number of nitrogens with zero attached hydrogens (tertiary/aromatic N) is 1. The maximum Gasteiger partial charge on any atom is 0.326 e. The van der Waals surface area contributed by atoms with Crippen molar-refractivity contribution in [1.29, 1.82) is 0 Å². The summed E-state index contributed by atoms with van der Waals surface area (Å²) in [6, 6.07) is -5.76. The molecule has 0 aromatic rings. The van der Waals surface area contributed by atoms with Gasteiger partial charge in [-0.15, -0.1) is 0 Å². The third kappa shape index (κ3) is 16.1. The predicted molar refractivity (Wildman–Crippen MR) is 133 cm³/mol. The Kier molecular flexibility index (Phi) is 15.8. The normalized spacial score (nSPS) is 13.6. The monoisotopic (exact) mass is 560 g/mol. The van der Waals surface area contributed by atoms with Gasteiger partial charge in [0.15, 0.2) is 5.96 Å². The Hall–Kier alpha value is -4.48. The molecule has 0 aromatic heterocycles. The van der Waals surface area contributed by atoms with E-state index in [4.69, 9.17) is 33.1 Å². The van der Waals surface area contributed by atoms with Gasteiger partial charge in [0.05, 0.1) is 6.04 Å². The van der Waals surface area contributed by atoms with Crippen LogP contribution in [0.3, 0.4) is 0 Å². The minimum Gasteiger partial charge on any atom is -0.481 e.